The molecule has 0 saturated carbocycles. The van der Waals surface area contributed by atoms with Crippen molar-refractivity contribution in [2.75, 3.05) is 26.2 Å². The minimum Gasteiger partial charge on any atom is -0.482 e. The van der Waals surface area contributed by atoms with Gasteiger partial charge in [-0.05, 0) is 18.2 Å². The van der Waals surface area contributed by atoms with E-state index in [-0.39, 0.29) is 29.5 Å². The minimum atomic E-state index is -0.383. The van der Waals surface area contributed by atoms with Gasteiger partial charge >= 0.3 is 0 Å². The molecule has 4 rings (SSSR count). The molecule has 1 aliphatic heterocycles. The van der Waals surface area contributed by atoms with Crippen molar-refractivity contribution in [2.24, 2.45) is 0 Å². The third-order valence-electron chi connectivity index (χ3n) is 5.11. The number of hydrogen-bond acceptors (Lipinski definition) is 5. The van der Waals surface area contributed by atoms with E-state index < -0.39 is 0 Å². The van der Waals surface area contributed by atoms with Gasteiger partial charge in [0.1, 0.15) is 25.2 Å². The van der Waals surface area contributed by atoms with Crippen molar-refractivity contribution in [1.82, 2.24) is 4.90 Å². The van der Waals surface area contributed by atoms with E-state index in [0.717, 1.165) is 13.1 Å². The van der Waals surface area contributed by atoms with Gasteiger partial charge in [0.25, 0.3) is 5.91 Å². The Morgan fingerprint density at radius 2 is 1.93 bits per heavy atom. The first-order valence-corrected chi connectivity index (χ1v) is 9.74. The molecule has 1 saturated heterocycles. The Labute approximate surface area is 172 Å². The maximum absolute atomic E-state index is 13.7. The highest BCUT2D eigenvalue weighted by molar-refractivity contribution is 5.91. The average molecular weight is 413 g/mol. The number of halogens is 1. The van der Waals surface area contributed by atoms with Crippen molar-refractivity contribution in [1.29, 1.82) is 0 Å². The molecule has 0 aliphatic carbocycles. The van der Waals surface area contributed by atoms with Crippen molar-refractivity contribution in [3.63, 3.8) is 0 Å². The first-order valence-electron chi connectivity index (χ1n) is 9.74. The summed E-state index contributed by atoms with van der Waals surface area (Å²) in [5.74, 6) is 0.439. The van der Waals surface area contributed by atoms with Gasteiger partial charge in [0.05, 0.1) is 32.4 Å². The lowest BCUT2D eigenvalue weighted by atomic mass is 10.2. The number of ether oxygens (including phenoxy) is 1. The number of nitrogens with one attached hydrogen (secondary N) is 1. The first kappa shape index (κ1) is 19.9. The molecule has 1 aliphatic rings. The molecular formula is C22H22FN2O5+. The molecule has 0 unspecified atom stereocenters. The van der Waals surface area contributed by atoms with Crippen molar-refractivity contribution < 1.29 is 27.7 Å². The summed E-state index contributed by atoms with van der Waals surface area (Å²) in [5.41, 5.74) is 0.0611. The number of furan rings is 1. The average Bonchev–Trinajstić information content (AvgIpc) is 3.29. The molecule has 0 atom stereocenters. The van der Waals surface area contributed by atoms with Gasteiger partial charge in [0, 0.05) is 11.6 Å². The summed E-state index contributed by atoms with van der Waals surface area (Å²) in [6.07, 6.45) is 2.76. The van der Waals surface area contributed by atoms with E-state index in [1.165, 1.54) is 29.6 Å². The fourth-order valence-corrected chi connectivity index (χ4v) is 3.41. The molecular weight excluding hydrogens is 391 g/mol. The predicted molar refractivity (Wildman–Crippen MR) is 105 cm³/mol. The largest absolute Gasteiger partial charge is 0.482 e. The summed E-state index contributed by atoms with van der Waals surface area (Å²) in [4.78, 5) is 27.6. The van der Waals surface area contributed by atoms with E-state index in [2.05, 4.69) is 0 Å². The molecule has 156 valence electrons. The number of carbonyl (C=O) groups is 1. The lowest BCUT2D eigenvalue weighted by Gasteiger charge is -2.31. The second kappa shape index (κ2) is 8.96. The number of benzene rings is 1. The number of amides is 1. The Morgan fingerprint density at radius 1 is 1.13 bits per heavy atom. The van der Waals surface area contributed by atoms with E-state index in [0.29, 0.717) is 36.7 Å². The van der Waals surface area contributed by atoms with Crippen LogP contribution in [-0.4, -0.2) is 37.0 Å². The maximum atomic E-state index is 13.7. The highest BCUT2D eigenvalue weighted by Gasteiger charge is 2.26. The van der Waals surface area contributed by atoms with E-state index >= 15 is 0 Å². The Balaban J connectivity index is 1.30. The molecule has 30 heavy (non-hydrogen) atoms. The normalized spacial score (nSPS) is 14.6. The zero-order valence-corrected chi connectivity index (χ0v) is 16.3. The number of carbonyl (C=O) groups excluding carboxylic acids is 1. The Hall–Kier alpha value is -3.39. The molecule has 0 radical (unpaired) electrons. The van der Waals surface area contributed by atoms with Gasteiger partial charge in [0.15, 0.2) is 11.5 Å². The minimum absolute atomic E-state index is 0.0471. The van der Waals surface area contributed by atoms with Crippen LogP contribution in [0.5, 0.6) is 5.75 Å². The van der Waals surface area contributed by atoms with Crippen LogP contribution in [0.2, 0.25) is 0 Å². The third-order valence-corrected chi connectivity index (χ3v) is 5.11. The quantitative estimate of drug-likeness (QED) is 0.663. The summed E-state index contributed by atoms with van der Waals surface area (Å²) >= 11 is 0. The van der Waals surface area contributed by atoms with Crippen LogP contribution in [-0.2, 0) is 13.2 Å². The Bertz CT molecular complexity index is 1060. The van der Waals surface area contributed by atoms with Crippen LogP contribution < -0.4 is 15.1 Å². The molecule has 0 bridgehead atoms. The van der Waals surface area contributed by atoms with Crippen molar-refractivity contribution in [3.8, 4) is 5.75 Å². The van der Waals surface area contributed by atoms with Crippen molar-refractivity contribution >= 4 is 5.91 Å². The predicted octanol–water partition coefficient (Wildman–Crippen LogP) is 1.49. The smallest absolute Gasteiger partial charge is 0.289 e. The van der Waals surface area contributed by atoms with E-state index in [1.807, 2.05) is 0 Å². The zero-order valence-electron chi connectivity index (χ0n) is 16.3. The Kier molecular flexibility index (Phi) is 5.94. The van der Waals surface area contributed by atoms with E-state index in [1.54, 1.807) is 35.2 Å². The highest BCUT2D eigenvalue weighted by atomic mass is 19.1. The van der Waals surface area contributed by atoms with Crippen molar-refractivity contribution in [3.05, 3.63) is 88.1 Å². The fourth-order valence-electron chi connectivity index (χ4n) is 3.41. The van der Waals surface area contributed by atoms with Gasteiger partial charge in [0.2, 0.25) is 11.2 Å². The fraction of sp³-hybridized carbons (Fsp3) is 0.273. The topological polar surface area (TPSA) is 77.3 Å². The number of hydrogen-bond donors (Lipinski definition) is 1. The highest BCUT2D eigenvalue weighted by Crippen LogP contribution is 2.12. The van der Waals surface area contributed by atoms with Gasteiger partial charge in [-0.1, -0.05) is 18.2 Å². The second-order valence-corrected chi connectivity index (χ2v) is 7.15. The number of nitrogens with zero attached hydrogens (tertiary/aromatic N) is 1. The van der Waals surface area contributed by atoms with Crippen LogP contribution in [0, 0.1) is 5.82 Å². The summed E-state index contributed by atoms with van der Waals surface area (Å²) in [7, 11) is 0. The van der Waals surface area contributed by atoms with Crippen LogP contribution >= 0.6 is 0 Å². The molecule has 2 aromatic heterocycles. The molecule has 1 N–H and O–H groups in total. The number of quaternary nitrogens is 1. The lowest BCUT2D eigenvalue weighted by molar-refractivity contribution is -0.918. The first-order chi connectivity index (χ1) is 14.6. The molecule has 3 heterocycles. The number of rotatable bonds is 6. The lowest BCUT2D eigenvalue weighted by Crippen LogP contribution is -3.13. The van der Waals surface area contributed by atoms with Crippen molar-refractivity contribution in [2.45, 2.75) is 13.2 Å². The van der Waals surface area contributed by atoms with Gasteiger partial charge in [-0.25, -0.2) is 4.39 Å². The summed E-state index contributed by atoms with van der Waals surface area (Å²) in [6.45, 7) is 3.16. The molecule has 7 nitrogen and oxygen atoms in total. The van der Waals surface area contributed by atoms with Crippen LogP contribution in [0.15, 0.2) is 68.6 Å². The SMILES string of the molecule is O=C(c1ccco1)N1CC[NH+](Cc2cc(=O)c(OCc3ccccc3F)co2)CC1. The molecule has 3 aromatic rings. The molecule has 0 spiro atoms. The van der Waals surface area contributed by atoms with Crippen LogP contribution in [0.25, 0.3) is 0 Å². The van der Waals surface area contributed by atoms with Crippen LogP contribution in [0.1, 0.15) is 21.9 Å². The van der Waals surface area contributed by atoms with Gasteiger partial charge in [-0.15, -0.1) is 0 Å². The second-order valence-electron chi connectivity index (χ2n) is 7.15. The molecule has 1 fully saturated rings. The zero-order chi connectivity index (χ0) is 20.9. The van der Waals surface area contributed by atoms with Gasteiger partial charge in [-0.3, -0.25) is 9.59 Å². The molecule has 8 heteroatoms. The van der Waals surface area contributed by atoms with Crippen LogP contribution in [0.3, 0.4) is 0 Å². The monoisotopic (exact) mass is 413 g/mol. The molecule has 1 aromatic carbocycles. The Morgan fingerprint density at radius 3 is 2.63 bits per heavy atom. The molecule has 1 amide bonds. The summed E-state index contributed by atoms with van der Waals surface area (Å²) < 4.78 is 29.8. The summed E-state index contributed by atoms with van der Waals surface area (Å²) in [5, 5.41) is 0. The van der Waals surface area contributed by atoms with E-state index in [9.17, 15) is 14.0 Å². The van der Waals surface area contributed by atoms with Crippen LogP contribution in [0.4, 0.5) is 4.39 Å². The summed E-state index contributed by atoms with van der Waals surface area (Å²) in [6, 6.07) is 11.0. The third kappa shape index (κ3) is 4.60. The standard InChI is InChI=1S/C22H21FN2O5/c23-18-5-2-1-4-16(18)14-30-21-15-29-17(12-19(21)26)13-24-7-9-25(10-8-24)22(27)20-6-3-11-28-20/h1-6,11-12,15H,7-10,13-14H2/p+1. The van der Waals surface area contributed by atoms with E-state index in [4.69, 9.17) is 13.6 Å². The van der Waals surface area contributed by atoms with Gasteiger partial charge < -0.3 is 23.4 Å². The maximum Gasteiger partial charge on any atom is 0.289 e. The number of piperazine rings is 1. The van der Waals surface area contributed by atoms with Gasteiger partial charge in [-0.2, -0.15) is 0 Å².